The molecule has 0 unspecified atom stereocenters. The van der Waals surface area contributed by atoms with E-state index in [9.17, 15) is 22.4 Å². The smallest absolute Gasteiger partial charge is 0.416 e. The van der Waals surface area contributed by atoms with Crippen molar-refractivity contribution in [2.75, 3.05) is 0 Å². The van der Waals surface area contributed by atoms with Crippen LogP contribution in [0.4, 0.5) is 17.6 Å². The van der Waals surface area contributed by atoms with Crippen LogP contribution in [-0.4, -0.2) is 4.57 Å². The number of hydrogen-bond acceptors (Lipinski definition) is 2. The van der Waals surface area contributed by atoms with Crippen molar-refractivity contribution in [3.63, 3.8) is 0 Å². The Balaban J connectivity index is 1.87. The SMILES string of the molecule is Cc1ccc(CCn2c(COc3cc(F)cc(C(F)(F)F)c3)c(Cl)cc(Cl)c2=O)cc1. The molecule has 0 aliphatic rings. The Bertz CT molecular complexity index is 1140. The van der Waals surface area contributed by atoms with Crippen LogP contribution >= 0.6 is 23.2 Å². The van der Waals surface area contributed by atoms with Crippen LogP contribution in [0.2, 0.25) is 10.0 Å². The summed E-state index contributed by atoms with van der Waals surface area (Å²) in [5, 5.41) is 0.0173. The van der Waals surface area contributed by atoms with Crippen LogP contribution in [0.1, 0.15) is 22.4 Å². The van der Waals surface area contributed by atoms with Crippen molar-refractivity contribution in [2.24, 2.45) is 0 Å². The summed E-state index contributed by atoms with van der Waals surface area (Å²) in [6, 6.07) is 10.9. The number of pyridine rings is 1. The van der Waals surface area contributed by atoms with E-state index in [1.165, 1.54) is 10.6 Å². The molecule has 1 heterocycles. The Morgan fingerprint density at radius 3 is 2.32 bits per heavy atom. The molecule has 3 nitrogen and oxygen atoms in total. The van der Waals surface area contributed by atoms with Crippen LogP contribution in [0.25, 0.3) is 0 Å². The Morgan fingerprint density at radius 2 is 1.68 bits per heavy atom. The average molecular weight is 474 g/mol. The number of alkyl halides is 3. The third-order valence-electron chi connectivity index (χ3n) is 4.62. The van der Waals surface area contributed by atoms with Crippen molar-refractivity contribution in [2.45, 2.75) is 32.7 Å². The summed E-state index contributed by atoms with van der Waals surface area (Å²) in [6.45, 7) is 1.83. The number of aromatic nitrogens is 1. The maximum Gasteiger partial charge on any atom is 0.416 e. The third-order valence-corrected chi connectivity index (χ3v) is 5.22. The summed E-state index contributed by atoms with van der Waals surface area (Å²) >= 11 is 12.2. The van der Waals surface area contributed by atoms with Gasteiger partial charge in [-0.1, -0.05) is 53.0 Å². The minimum atomic E-state index is -4.73. The van der Waals surface area contributed by atoms with Gasteiger partial charge in [-0.3, -0.25) is 4.79 Å². The predicted molar refractivity (Wildman–Crippen MR) is 111 cm³/mol. The van der Waals surface area contributed by atoms with Gasteiger partial charge in [0.2, 0.25) is 0 Å². The lowest BCUT2D eigenvalue weighted by Gasteiger charge is -2.17. The highest BCUT2D eigenvalue weighted by Gasteiger charge is 2.31. The standard InChI is InChI=1S/C22H17Cl2F4NO2/c1-13-2-4-14(5-3-13)6-7-29-20(18(23)11-19(24)21(29)30)12-31-17-9-15(22(26,27)28)8-16(25)10-17/h2-5,8-11H,6-7,12H2,1H3. The second-order valence-corrected chi connectivity index (χ2v) is 7.76. The number of rotatable bonds is 6. The maximum absolute atomic E-state index is 13.6. The minimum Gasteiger partial charge on any atom is -0.487 e. The second kappa shape index (κ2) is 9.32. The Morgan fingerprint density at radius 1 is 1.00 bits per heavy atom. The number of hydrogen-bond donors (Lipinski definition) is 0. The lowest BCUT2D eigenvalue weighted by molar-refractivity contribution is -0.137. The number of ether oxygens (including phenoxy) is 1. The van der Waals surface area contributed by atoms with Crippen LogP contribution < -0.4 is 10.3 Å². The van der Waals surface area contributed by atoms with Gasteiger partial charge in [-0.15, -0.1) is 0 Å². The third kappa shape index (κ3) is 5.80. The molecule has 3 aromatic rings. The van der Waals surface area contributed by atoms with E-state index in [-0.39, 0.29) is 34.6 Å². The lowest BCUT2D eigenvalue weighted by Crippen LogP contribution is -2.26. The van der Waals surface area contributed by atoms with Crippen molar-refractivity contribution >= 4 is 23.2 Å². The van der Waals surface area contributed by atoms with E-state index in [2.05, 4.69) is 0 Å². The molecule has 0 saturated heterocycles. The molecule has 0 aliphatic heterocycles. The molecule has 2 aromatic carbocycles. The van der Waals surface area contributed by atoms with Gasteiger partial charge >= 0.3 is 6.18 Å². The van der Waals surface area contributed by atoms with Crippen LogP contribution in [0.3, 0.4) is 0 Å². The van der Waals surface area contributed by atoms with Crippen molar-refractivity contribution in [3.05, 3.63) is 97.1 Å². The van der Waals surface area contributed by atoms with Crippen LogP contribution in [0, 0.1) is 12.7 Å². The van der Waals surface area contributed by atoms with Gasteiger partial charge in [-0.05, 0) is 37.1 Å². The topological polar surface area (TPSA) is 31.2 Å². The second-order valence-electron chi connectivity index (χ2n) is 6.94. The zero-order valence-corrected chi connectivity index (χ0v) is 17.8. The van der Waals surface area contributed by atoms with Crippen molar-refractivity contribution < 1.29 is 22.3 Å². The molecule has 0 saturated carbocycles. The Labute approximate surface area is 185 Å². The van der Waals surface area contributed by atoms with E-state index in [4.69, 9.17) is 27.9 Å². The summed E-state index contributed by atoms with van der Waals surface area (Å²) in [5.41, 5.74) is 0.601. The monoisotopic (exact) mass is 473 g/mol. The number of halogens is 6. The van der Waals surface area contributed by atoms with E-state index >= 15 is 0 Å². The summed E-state index contributed by atoms with van der Waals surface area (Å²) < 4.78 is 59.1. The molecule has 1 aromatic heterocycles. The molecule has 0 spiro atoms. The van der Waals surface area contributed by atoms with Crippen molar-refractivity contribution in [1.82, 2.24) is 4.57 Å². The van der Waals surface area contributed by atoms with Crippen LogP contribution in [0.5, 0.6) is 5.75 Å². The zero-order chi connectivity index (χ0) is 22.8. The lowest BCUT2D eigenvalue weighted by atomic mass is 10.1. The van der Waals surface area contributed by atoms with Crippen molar-refractivity contribution in [3.8, 4) is 5.75 Å². The van der Waals surface area contributed by atoms with Gasteiger partial charge in [0.25, 0.3) is 5.56 Å². The normalized spacial score (nSPS) is 11.6. The van der Waals surface area contributed by atoms with Crippen LogP contribution in [-0.2, 0) is 25.7 Å². The highest BCUT2D eigenvalue weighted by atomic mass is 35.5. The maximum atomic E-state index is 13.6. The van der Waals surface area contributed by atoms with Gasteiger partial charge in [-0.2, -0.15) is 13.2 Å². The first kappa shape index (κ1) is 23.2. The van der Waals surface area contributed by atoms with E-state index in [0.717, 1.165) is 17.2 Å². The van der Waals surface area contributed by atoms with Crippen molar-refractivity contribution in [1.29, 1.82) is 0 Å². The molecule has 9 heteroatoms. The highest BCUT2D eigenvalue weighted by molar-refractivity contribution is 6.34. The van der Waals surface area contributed by atoms with Crippen LogP contribution in [0.15, 0.2) is 53.3 Å². The average Bonchev–Trinajstić information content (AvgIpc) is 2.69. The van der Waals surface area contributed by atoms with E-state index < -0.39 is 23.1 Å². The Hall–Kier alpha value is -2.51. The van der Waals surface area contributed by atoms with Gasteiger partial charge < -0.3 is 9.30 Å². The molecule has 0 fully saturated rings. The summed E-state index contributed by atoms with van der Waals surface area (Å²) in [6.07, 6.45) is -4.24. The zero-order valence-electron chi connectivity index (χ0n) is 16.3. The fourth-order valence-electron chi connectivity index (χ4n) is 2.98. The van der Waals surface area contributed by atoms with Gasteiger partial charge in [0.1, 0.15) is 23.2 Å². The summed E-state index contributed by atoms with van der Waals surface area (Å²) in [5.74, 6) is -1.43. The van der Waals surface area contributed by atoms with E-state index in [1.807, 2.05) is 31.2 Å². The fourth-order valence-corrected chi connectivity index (χ4v) is 3.51. The first-order chi connectivity index (χ1) is 14.5. The molecule has 0 N–H and O–H groups in total. The number of nitrogens with zero attached hydrogens (tertiary/aromatic N) is 1. The number of benzene rings is 2. The molecule has 0 bridgehead atoms. The summed E-state index contributed by atoms with van der Waals surface area (Å²) in [7, 11) is 0. The first-order valence-electron chi connectivity index (χ1n) is 9.18. The molecule has 31 heavy (non-hydrogen) atoms. The molecular formula is C22H17Cl2F4NO2. The molecule has 164 valence electrons. The van der Waals surface area contributed by atoms with E-state index in [1.54, 1.807) is 0 Å². The highest BCUT2D eigenvalue weighted by Crippen LogP contribution is 2.32. The first-order valence-corrected chi connectivity index (χ1v) is 9.94. The fraction of sp³-hybridized carbons (Fsp3) is 0.227. The van der Waals surface area contributed by atoms with Gasteiger partial charge in [-0.25, -0.2) is 4.39 Å². The van der Waals surface area contributed by atoms with Gasteiger partial charge in [0.05, 0.1) is 16.3 Å². The molecule has 0 atom stereocenters. The molecule has 0 amide bonds. The van der Waals surface area contributed by atoms with Gasteiger partial charge in [0, 0.05) is 12.6 Å². The molecule has 0 aliphatic carbocycles. The Kier molecular flexibility index (Phi) is 6.96. The largest absolute Gasteiger partial charge is 0.487 e. The quantitative estimate of drug-likeness (QED) is 0.385. The minimum absolute atomic E-state index is 0.0947. The summed E-state index contributed by atoms with van der Waals surface area (Å²) in [4.78, 5) is 12.6. The molecular weight excluding hydrogens is 457 g/mol. The molecule has 0 radical (unpaired) electrons. The number of aryl methyl sites for hydroxylation is 2. The van der Waals surface area contributed by atoms with E-state index in [0.29, 0.717) is 18.6 Å². The predicted octanol–water partition coefficient (Wildman–Crippen LogP) is 6.44. The van der Waals surface area contributed by atoms with Gasteiger partial charge in [0.15, 0.2) is 0 Å². The molecule has 3 rings (SSSR count).